The summed E-state index contributed by atoms with van der Waals surface area (Å²) in [4.78, 5) is 11.6. The fourth-order valence-corrected chi connectivity index (χ4v) is 2.30. The molecule has 3 nitrogen and oxygen atoms in total. The predicted molar refractivity (Wildman–Crippen MR) is 65.7 cm³/mol. The molecule has 0 heterocycles. The van der Waals surface area contributed by atoms with Crippen molar-refractivity contribution in [2.45, 2.75) is 18.8 Å². The van der Waals surface area contributed by atoms with Crippen molar-refractivity contribution in [2.24, 2.45) is 0 Å². The van der Waals surface area contributed by atoms with Gasteiger partial charge < -0.3 is 9.47 Å². The van der Waals surface area contributed by atoms with Gasteiger partial charge in [-0.15, -0.1) is 11.6 Å². The number of esters is 1. The molecular formula is C13H15ClO3. The molecule has 1 aromatic rings. The van der Waals surface area contributed by atoms with E-state index in [-0.39, 0.29) is 11.9 Å². The zero-order valence-electron chi connectivity index (χ0n) is 9.74. The van der Waals surface area contributed by atoms with E-state index in [0.29, 0.717) is 12.5 Å². The molecule has 0 saturated heterocycles. The first-order valence-electron chi connectivity index (χ1n) is 5.65. The molecule has 2 rings (SSSR count). The highest BCUT2D eigenvalue weighted by atomic mass is 35.5. The summed E-state index contributed by atoms with van der Waals surface area (Å²) in [6.07, 6.45) is 1.72. The van der Waals surface area contributed by atoms with Crippen molar-refractivity contribution in [2.75, 3.05) is 19.6 Å². The second-order valence-corrected chi connectivity index (χ2v) is 4.39. The van der Waals surface area contributed by atoms with Crippen LogP contribution < -0.4 is 4.74 Å². The predicted octanol–water partition coefficient (Wildman–Crippen LogP) is 2.51. The van der Waals surface area contributed by atoms with Crippen LogP contribution in [0.4, 0.5) is 0 Å². The first kappa shape index (κ1) is 12.2. The van der Waals surface area contributed by atoms with Gasteiger partial charge in [-0.1, -0.05) is 6.07 Å². The quantitative estimate of drug-likeness (QED) is 0.612. The fraction of sp³-hybridized carbons (Fsp3) is 0.462. The van der Waals surface area contributed by atoms with Crippen molar-refractivity contribution in [3.8, 4) is 5.75 Å². The third kappa shape index (κ3) is 2.55. The van der Waals surface area contributed by atoms with E-state index in [1.165, 1.54) is 12.7 Å². The van der Waals surface area contributed by atoms with Crippen LogP contribution in [0.3, 0.4) is 0 Å². The second-order valence-electron chi connectivity index (χ2n) is 4.01. The number of ether oxygens (including phenoxy) is 2. The van der Waals surface area contributed by atoms with Crippen LogP contribution in [0.15, 0.2) is 18.2 Å². The molecule has 0 radical (unpaired) electrons. The van der Waals surface area contributed by atoms with Gasteiger partial charge in [0, 0.05) is 0 Å². The minimum Gasteiger partial charge on any atom is -0.492 e. The van der Waals surface area contributed by atoms with Gasteiger partial charge in [0.15, 0.2) is 0 Å². The zero-order valence-corrected chi connectivity index (χ0v) is 10.5. The van der Waals surface area contributed by atoms with Crippen LogP contribution in [0.25, 0.3) is 0 Å². The number of alkyl halides is 1. The summed E-state index contributed by atoms with van der Waals surface area (Å²) in [5.41, 5.74) is 2.24. The van der Waals surface area contributed by atoms with Gasteiger partial charge in [-0.2, -0.15) is 0 Å². The van der Waals surface area contributed by atoms with Crippen LogP contribution >= 0.6 is 11.6 Å². The van der Waals surface area contributed by atoms with Gasteiger partial charge >= 0.3 is 5.97 Å². The lowest BCUT2D eigenvalue weighted by Gasteiger charge is -2.10. The number of fused-ring (bicyclic) bond motifs is 1. The van der Waals surface area contributed by atoms with Crippen LogP contribution in [0, 0.1) is 0 Å². The number of hydrogen-bond donors (Lipinski definition) is 0. The zero-order chi connectivity index (χ0) is 12.3. The standard InChI is InChI=1S/C13H15ClO3/c1-16-13(15)12-4-2-9-8-10(17-7-6-14)3-5-11(9)12/h3,5,8,12H,2,4,6-7H2,1H3. The number of carbonyl (C=O) groups is 1. The maximum absolute atomic E-state index is 11.6. The van der Waals surface area contributed by atoms with E-state index in [4.69, 9.17) is 21.1 Å². The Hall–Kier alpha value is -1.22. The maximum Gasteiger partial charge on any atom is 0.313 e. The Bertz CT molecular complexity index is 417. The van der Waals surface area contributed by atoms with Crippen molar-refractivity contribution in [3.63, 3.8) is 0 Å². The molecule has 0 fully saturated rings. The highest BCUT2D eigenvalue weighted by molar-refractivity contribution is 6.18. The molecule has 1 aliphatic rings. The molecule has 0 amide bonds. The van der Waals surface area contributed by atoms with Crippen LogP contribution in [0.2, 0.25) is 0 Å². The lowest BCUT2D eigenvalue weighted by Crippen LogP contribution is -2.11. The summed E-state index contributed by atoms with van der Waals surface area (Å²) >= 11 is 5.57. The van der Waals surface area contributed by atoms with Crippen molar-refractivity contribution >= 4 is 17.6 Å². The lowest BCUT2D eigenvalue weighted by molar-refractivity contribution is -0.142. The third-order valence-electron chi connectivity index (χ3n) is 3.02. The summed E-state index contributed by atoms with van der Waals surface area (Å²) in [6, 6.07) is 5.82. The van der Waals surface area contributed by atoms with E-state index in [1.807, 2.05) is 18.2 Å². The molecule has 1 aromatic carbocycles. The highest BCUT2D eigenvalue weighted by Crippen LogP contribution is 2.35. The monoisotopic (exact) mass is 254 g/mol. The number of carbonyl (C=O) groups excluding carboxylic acids is 1. The van der Waals surface area contributed by atoms with Gasteiger partial charge in [0.2, 0.25) is 0 Å². The number of aryl methyl sites for hydroxylation is 1. The molecule has 0 bridgehead atoms. The fourth-order valence-electron chi connectivity index (χ4n) is 2.23. The van der Waals surface area contributed by atoms with Gasteiger partial charge in [0.25, 0.3) is 0 Å². The summed E-state index contributed by atoms with van der Waals surface area (Å²) in [5.74, 6) is 1.02. The molecule has 1 unspecified atom stereocenters. The highest BCUT2D eigenvalue weighted by Gasteiger charge is 2.29. The van der Waals surface area contributed by atoms with Crippen molar-refractivity contribution in [1.82, 2.24) is 0 Å². The van der Waals surface area contributed by atoms with Crippen molar-refractivity contribution < 1.29 is 14.3 Å². The number of methoxy groups -OCH3 is 1. The largest absolute Gasteiger partial charge is 0.492 e. The Morgan fingerprint density at radius 3 is 3.06 bits per heavy atom. The average Bonchev–Trinajstić information content (AvgIpc) is 2.78. The van der Waals surface area contributed by atoms with E-state index in [2.05, 4.69) is 0 Å². The van der Waals surface area contributed by atoms with Gasteiger partial charge in [0.1, 0.15) is 12.4 Å². The Morgan fingerprint density at radius 2 is 2.35 bits per heavy atom. The minimum atomic E-state index is -0.154. The molecular weight excluding hydrogens is 240 g/mol. The first-order chi connectivity index (χ1) is 8.26. The SMILES string of the molecule is COC(=O)C1CCc2cc(OCCCl)ccc21. The molecule has 4 heteroatoms. The smallest absolute Gasteiger partial charge is 0.313 e. The summed E-state index contributed by atoms with van der Waals surface area (Å²) in [7, 11) is 1.43. The summed E-state index contributed by atoms with van der Waals surface area (Å²) < 4.78 is 10.3. The molecule has 0 saturated carbocycles. The second kappa shape index (κ2) is 5.41. The van der Waals surface area contributed by atoms with Crippen LogP contribution in [0.5, 0.6) is 5.75 Å². The van der Waals surface area contributed by atoms with E-state index in [9.17, 15) is 4.79 Å². The Labute approximate surface area is 106 Å². The van der Waals surface area contributed by atoms with E-state index >= 15 is 0 Å². The van der Waals surface area contributed by atoms with Gasteiger partial charge in [-0.25, -0.2) is 0 Å². The van der Waals surface area contributed by atoms with Crippen LogP contribution in [0.1, 0.15) is 23.5 Å². The molecule has 17 heavy (non-hydrogen) atoms. The van der Waals surface area contributed by atoms with Crippen molar-refractivity contribution in [3.05, 3.63) is 29.3 Å². The molecule has 92 valence electrons. The lowest BCUT2D eigenvalue weighted by atomic mass is 10.0. The van der Waals surface area contributed by atoms with Gasteiger partial charge in [-0.3, -0.25) is 4.79 Å². The maximum atomic E-state index is 11.6. The van der Waals surface area contributed by atoms with E-state index in [1.54, 1.807) is 0 Å². The van der Waals surface area contributed by atoms with E-state index in [0.717, 1.165) is 24.2 Å². The van der Waals surface area contributed by atoms with Crippen LogP contribution in [-0.2, 0) is 16.0 Å². The van der Waals surface area contributed by atoms with E-state index < -0.39 is 0 Å². The van der Waals surface area contributed by atoms with Gasteiger partial charge in [-0.05, 0) is 36.1 Å². The minimum absolute atomic E-state index is 0.114. The Kier molecular flexibility index (Phi) is 3.89. The van der Waals surface area contributed by atoms with Gasteiger partial charge in [0.05, 0.1) is 18.9 Å². The van der Waals surface area contributed by atoms with Crippen LogP contribution in [-0.4, -0.2) is 25.6 Å². The number of hydrogen-bond acceptors (Lipinski definition) is 3. The molecule has 1 atom stereocenters. The molecule has 0 aliphatic heterocycles. The number of halogens is 1. The number of rotatable bonds is 4. The molecule has 0 N–H and O–H groups in total. The molecule has 0 spiro atoms. The first-order valence-corrected chi connectivity index (χ1v) is 6.19. The number of benzene rings is 1. The Balaban J connectivity index is 2.16. The molecule has 0 aromatic heterocycles. The normalized spacial score (nSPS) is 17.6. The Morgan fingerprint density at radius 1 is 1.53 bits per heavy atom. The average molecular weight is 255 g/mol. The third-order valence-corrected chi connectivity index (χ3v) is 3.18. The molecule has 1 aliphatic carbocycles. The van der Waals surface area contributed by atoms with Crippen molar-refractivity contribution in [1.29, 1.82) is 0 Å². The summed E-state index contributed by atoms with van der Waals surface area (Å²) in [6.45, 7) is 0.501. The summed E-state index contributed by atoms with van der Waals surface area (Å²) in [5, 5.41) is 0. The topological polar surface area (TPSA) is 35.5 Å².